The number of carbonyl (C=O) groups excluding carboxylic acids is 1. The van der Waals surface area contributed by atoms with Crippen LogP contribution in [0.2, 0.25) is 0 Å². The molecule has 4 aromatic rings. The number of benzene rings is 1. The number of nitrogens with one attached hydrogen (secondary N) is 1. The molecule has 3 aromatic heterocycles. The SMILES string of the molecule is COc1cccc(C(NC(=O)c2sc3ncn(C)c(=O)c3c2C)c2nccn2C)c1. The van der Waals surface area contributed by atoms with Gasteiger partial charge < -0.3 is 19.2 Å². The summed E-state index contributed by atoms with van der Waals surface area (Å²) in [5.41, 5.74) is 1.30. The van der Waals surface area contributed by atoms with Crippen LogP contribution in [0.4, 0.5) is 0 Å². The van der Waals surface area contributed by atoms with Gasteiger partial charge in [0, 0.05) is 26.5 Å². The maximum absolute atomic E-state index is 13.3. The van der Waals surface area contributed by atoms with Gasteiger partial charge in [0.05, 0.1) is 23.7 Å². The number of aromatic nitrogens is 4. The quantitative estimate of drug-likeness (QED) is 0.533. The molecule has 0 aliphatic carbocycles. The van der Waals surface area contributed by atoms with Gasteiger partial charge in [0.2, 0.25) is 0 Å². The summed E-state index contributed by atoms with van der Waals surface area (Å²) < 4.78 is 8.62. The molecule has 8 nitrogen and oxygen atoms in total. The van der Waals surface area contributed by atoms with Crippen molar-refractivity contribution < 1.29 is 9.53 Å². The first-order valence-electron chi connectivity index (χ1n) is 9.27. The summed E-state index contributed by atoms with van der Waals surface area (Å²) in [7, 11) is 5.12. The normalized spacial score (nSPS) is 12.1. The predicted molar refractivity (Wildman–Crippen MR) is 115 cm³/mol. The highest BCUT2D eigenvalue weighted by Gasteiger charge is 2.25. The number of thiophene rings is 1. The Bertz CT molecular complexity index is 1300. The van der Waals surface area contributed by atoms with Gasteiger partial charge in [-0.1, -0.05) is 12.1 Å². The zero-order chi connectivity index (χ0) is 21.4. The van der Waals surface area contributed by atoms with Crippen LogP contribution in [0.1, 0.15) is 32.7 Å². The lowest BCUT2D eigenvalue weighted by Crippen LogP contribution is -2.31. The van der Waals surface area contributed by atoms with Gasteiger partial charge in [-0.25, -0.2) is 9.97 Å². The van der Waals surface area contributed by atoms with Gasteiger partial charge >= 0.3 is 0 Å². The fourth-order valence-electron chi connectivity index (χ4n) is 3.40. The number of imidazole rings is 1. The molecule has 1 N–H and O–H groups in total. The zero-order valence-electron chi connectivity index (χ0n) is 17.0. The molecule has 154 valence electrons. The van der Waals surface area contributed by atoms with Crippen molar-refractivity contribution in [3.8, 4) is 5.75 Å². The average Bonchev–Trinajstić information content (AvgIpc) is 3.32. The molecule has 0 bridgehead atoms. The van der Waals surface area contributed by atoms with Crippen LogP contribution >= 0.6 is 11.3 Å². The summed E-state index contributed by atoms with van der Waals surface area (Å²) in [5.74, 6) is 1.09. The molecule has 1 amide bonds. The van der Waals surface area contributed by atoms with E-state index in [9.17, 15) is 9.59 Å². The minimum Gasteiger partial charge on any atom is -0.497 e. The van der Waals surface area contributed by atoms with E-state index in [1.165, 1.54) is 22.2 Å². The second kappa shape index (κ2) is 7.75. The molecule has 0 saturated carbocycles. The Labute approximate surface area is 176 Å². The minimum absolute atomic E-state index is 0.166. The van der Waals surface area contributed by atoms with Crippen LogP contribution in [0.25, 0.3) is 10.2 Å². The smallest absolute Gasteiger partial charge is 0.262 e. The molecule has 30 heavy (non-hydrogen) atoms. The van der Waals surface area contributed by atoms with Crippen LogP contribution in [-0.2, 0) is 14.1 Å². The van der Waals surface area contributed by atoms with E-state index in [0.29, 0.717) is 32.2 Å². The van der Waals surface area contributed by atoms with E-state index in [1.807, 2.05) is 42.1 Å². The molecule has 0 spiro atoms. The highest BCUT2D eigenvalue weighted by Crippen LogP contribution is 2.29. The molecule has 0 aliphatic heterocycles. The fourth-order valence-corrected chi connectivity index (χ4v) is 4.44. The predicted octanol–water partition coefficient (Wildman–Crippen LogP) is 2.56. The Morgan fingerprint density at radius 1 is 1.23 bits per heavy atom. The van der Waals surface area contributed by atoms with Crippen molar-refractivity contribution in [2.45, 2.75) is 13.0 Å². The molecule has 3 heterocycles. The molecule has 1 unspecified atom stereocenters. The number of methoxy groups -OCH3 is 1. The summed E-state index contributed by atoms with van der Waals surface area (Å²) in [6, 6.07) is 7.01. The highest BCUT2D eigenvalue weighted by atomic mass is 32.1. The van der Waals surface area contributed by atoms with Crippen LogP contribution in [0, 0.1) is 6.92 Å². The lowest BCUT2D eigenvalue weighted by molar-refractivity contribution is 0.0944. The van der Waals surface area contributed by atoms with Crippen LogP contribution in [0.5, 0.6) is 5.75 Å². The number of hydrogen-bond acceptors (Lipinski definition) is 6. The third-order valence-corrected chi connectivity index (χ3v) is 6.23. The second-order valence-electron chi connectivity index (χ2n) is 6.98. The van der Waals surface area contributed by atoms with Crippen molar-refractivity contribution in [1.29, 1.82) is 0 Å². The van der Waals surface area contributed by atoms with Crippen molar-refractivity contribution in [2.75, 3.05) is 7.11 Å². The maximum Gasteiger partial charge on any atom is 0.262 e. The number of hydrogen-bond donors (Lipinski definition) is 1. The van der Waals surface area contributed by atoms with E-state index in [1.54, 1.807) is 27.3 Å². The molecule has 0 saturated heterocycles. The lowest BCUT2D eigenvalue weighted by Gasteiger charge is -2.19. The van der Waals surface area contributed by atoms with E-state index in [4.69, 9.17) is 4.74 Å². The zero-order valence-corrected chi connectivity index (χ0v) is 17.9. The molecule has 1 atom stereocenters. The number of carbonyl (C=O) groups is 1. The molecule has 4 rings (SSSR count). The number of fused-ring (bicyclic) bond motifs is 1. The van der Waals surface area contributed by atoms with Crippen molar-refractivity contribution in [1.82, 2.24) is 24.4 Å². The number of ether oxygens (including phenoxy) is 1. The van der Waals surface area contributed by atoms with Crippen molar-refractivity contribution in [3.63, 3.8) is 0 Å². The van der Waals surface area contributed by atoms with Crippen LogP contribution < -0.4 is 15.6 Å². The fraction of sp³-hybridized carbons (Fsp3) is 0.238. The number of rotatable bonds is 5. The molecule has 1 aromatic carbocycles. The summed E-state index contributed by atoms with van der Waals surface area (Å²) in [4.78, 5) is 35.5. The molecular formula is C21H21N5O3S. The third-order valence-electron chi connectivity index (χ3n) is 5.04. The molecule has 9 heteroatoms. The van der Waals surface area contributed by atoms with Gasteiger partial charge in [-0.05, 0) is 30.2 Å². The summed E-state index contributed by atoms with van der Waals surface area (Å²) in [6.45, 7) is 1.78. The Morgan fingerprint density at radius 3 is 2.73 bits per heavy atom. The molecular weight excluding hydrogens is 402 g/mol. The first-order valence-corrected chi connectivity index (χ1v) is 10.1. The second-order valence-corrected chi connectivity index (χ2v) is 7.98. The average molecular weight is 423 g/mol. The summed E-state index contributed by atoms with van der Waals surface area (Å²) in [5, 5.41) is 3.55. The van der Waals surface area contributed by atoms with E-state index in [0.717, 1.165) is 5.56 Å². The highest BCUT2D eigenvalue weighted by molar-refractivity contribution is 7.20. The Morgan fingerprint density at radius 2 is 2.03 bits per heavy atom. The van der Waals surface area contributed by atoms with Crippen LogP contribution in [0.15, 0.2) is 47.8 Å². The van der Waals surface area contributed by atoms with Gasteiger partial charge in [0.15, 0.2) is 0 Å². The van der Waals surface area contributed by atoms with Crippen LogP contribution in [-0.4, -0.2) is 32.1 Å². The molecule has 0 radical (unpaired) electrons. The maximum atomic E-state index is 13.3. The number of aryl methyl sites for hydroxylation is 3. The molecule has 0 fully saturated rings. The Kier molecular flexibility index (Phi) is 5.13. The van der Waals surface area contributed by atoms with Gasteiger partial charge in [-0.3, -0.25) is 9.59 Å². The molecule has 0 aliphatic rings. The Hall–Kier alpha value is -3.46. The van der Waals surface area contributed by atoms with E-state index in [2.05, 4.69) is 15.3 Å². The van der Waals surface area contributed by atoms with Gasteiger partial charge in [-0.2, -0.15) is 0 Å². The van der Waals surface area contributed by atoms with Gasteiger partial charge in [0.1, 0.15) is 22.4 Å². The lowest BCUT2D eigenvalue weighted by atomic mass is 10.1. The van der Waals surface area contributed by atoms with E-state index in [-0.39, 0.29) is 11.5 Å². The number of amides is 1. The van der Waals surface area contributed by atoms with Crippen molar-refractivity contribution in [2.24, 2.45) is 14.1 Å². The summed E-state index contributed by atoms with van der Waals surface area (Å²) >= 11 is 1.21. The van der Waals surface area contributed by atoms with Gasteiger partial charge in [-0.15, -0.1) is 11.3 Å². The standard InChI is InChI=1S/C21H21N5O3S/c1-12-15-20(23-11-26(3)21(15)28)30-17(12)19(27)24-16(18-22-8-9-25(18)2)13-6-5-7-14(10-13)29-4/h5-11,16H,1-4H3,(H,24,27). The Balaban J connectivity index is 1.77. The third kappa shape index (κ3) is 3.37. The minimum atomic E-state index is -0.493. The van der Waals surface area contributed by atoms with E-state index >= 15 is 0 Å². The van der Waals surface area contributed by atoms with Crippen LogP contribution in [0.3, 0.4) is 0 Å². The monoisotopic (exact) mass is 423 g/mol. The number of nitrogens with zero attached hydrogens (tertiary/aromatic N) is 4. The van der Waals surface area contributed by atoms with Crippen molar-refractivity contribution >= 4 is 27.5 Å². The first-order chi connectivity index (χ1) is 14.4. The topological polar surface area (TPSA) is 91.0 Å². The first kappa shape index (κ1) is 19.8. The summed E-state index contributed by atoms with van der Waals surface area (Å²) in [6.07, 6.45) is 4.98. The van der Waals surface area contributed by atoms with E-state index < -0.39 is 6.04 Å². The largest absolute Gasteiger partial charge is 0.497 e. The van der Waals surface area contributed by atoms with Crippen molar-refractivity contribution in [3.05, 3.63) is 75.2 Å². The van der Waals surface area contributed by atoms with Gasteiger partial charge in [0.25, 0.3) is 11.5 Å².